The number of halogens is 1. The number of ether oxygens (including phenoxy) is 1. The molecule has 0 N–H and O–H groups in total. The Morgan fingerprint density at radius 1 is 0.500 bits per heavy atom. The Morgan fingerprint density at radius 2 is 1.08 bits per heavy atom. The van der Waals surface area contributed by atoms with Gasteiger partial charge in [0.2, 0.25) is 0 Å². The first-order valence-corrected chi connectivity index (χ1v) is 21.4. The van der Waals surface area contributed by atoms with Crippen molar-refractivity contribution >= 4 is 84.2 Å². The van der Waals surface area contributed by atoms with E-state index < -0.39 is 0 Å². The van der Waals surface area contributed by atoms with E-state index in [1.807, 2.05) is 30.3 Å². The van der Waals surface area contributed by atoms with Crippen molar-refractivity contribution in [3.8, 4) is 22.6 Å². The predicted octanol–water partition coefficient (Wildman–Crippen LogP) is 17.0. The van der Waals surface area contributed by atoms with Crippen molar-refractivity contribution in [3.63, 3.8) is 0 Å². The number of rotatable bonds is 6. The Kier molecular flexibility index (Phi) is 9.64. The van der Waals surface area contributed by atoms with Crippen LogP contribution >= 0.6 is 22.9 Å². The molecule has 2 heterocycles. The molecule has 1 aliphatic heterocycles. The van der Waals surface area contributed by atoms with E-state index in [0.717, 1.165) is 68.1 Å². The van der Waals surface area contributed by atoms with Gasteiger partial charge in [-0.2, -0.15) is 0 Å². The summed E-state index contributed by atoms with van der Waals surface area (Å²) < 4.78 is 7.79. The predicted molar refractivity (Wildman–Crippen MR) is 255 cm³/mol. The molecule has 4 nitrogen and oxygen atoms in total. The van der Waals surface area contributed by atoms with Crippen molar-refractivity contribution in [3.05, 3.63) is 210 Å². The monoisotopic (exact) mass is 815 g/mol. The molecule has 0 saturated carbocycles. The highest BCUT2D eigenvalue weighted by Crippen LogP contribution is 2.51. The number of hydrogen-bond acceptors (Lipinski definition) is 5. The zero-order chi connectivity index (χ0) is 40.8. The first kappa shape index (κ1) is 37.5. The largest absolute Gasteiger partial charge is 0.457 e. The van der Waals surface area contributed by atoms with E-state index in [1.165, 1.54) is 21.4 Å². The molecule has 0 amide bonds. The quantitative estimate of drug-likeness (QED) is 0.166. The summed E-state index contributed by atoms with van der Waals surface area (Å²) in [6.45, 7) is 6.75. The van der Waals surface area contributed by atoms with Crippen LogP contribution in [0.1, 0.15) is 26.3 Å². The maximum absolute atomic E-state index is 7.89. The summed E-state index contributed by atoms with van der Waals surface area (Å²) in [5.74, 6) is 1.48. The molecule has 0 atom stereocenters. The third-order valence-electron chi connectivity index (χ3n) is 11.1. The van der Waals surface area contributed by atoms with Crippen molar-refractivity contribution in [2.45, 2.75) is 26.2 Å². The van der Waals surface area contributed by atoms with Crippen LogP contribution in [0.5, 0.6) is 11.5 Å². The molecule has 0 unspecified atom stereocenters. The summed E-state index contributed by atoms with van der Waals surface area (Å²) in [6, 6.07) is 68.2. The smallest absolute Gasteiger partial charge is 0.129 e. The number of benzene rings is 8. The van der Waals surface area contributed by atoms with Crippen LogP contribution in [-0.4, -0.2) is 0 Å². The second-order valence-corrected chi connectivity index (χ2v) is 17.4. The number of fused-ring (bicyclic) bond motifs is 7. The number of hydrogen-bond donors (Lipinski definition) is 0. The van der Waals surface area contributed by atoms with E-state index in [1.54, 1.807) is 11.3 Å². The fourth-order valence-electron chi connectivity index (χ4n) is 8.10. The van der Waals surface area contributed by atoms with Gasteiger partial charge < -0.3 is 19.4 Å². The van der Waals surface area contributed by atoms with Gasteiger partial charge in [-0.05, 0) is 113 Å². The van der Waals surface area contributed by atoms with Crippen molar-refractivity contribution in [2.24, 2.45) is 0 Å². The highest BCUT2D eigenvalue weighted by Gasteiger charge is 2.26. The molecule has 6 heteroatoms. The lowest BCUT2D eigenvalue weighted by Gasteiger charge is -2.32. The molecule has 1 aromatic heterocycles. The third-order valence-corrected chi connectivity index (χ3v) is 12.4. The minimum Gasteiger partial charge on any atom is -0.457 e. The van der Waals surface area contributed by atoms with Gasteiger partial charge in [0, 0.05) is 61.7 Å². The Labute approximate surface area is 360 Å². The van der Waals surface area contributed by atoms with Crippen LogP contribution in [0.15, 0.2) is 200 Å². The van der Waals surface area contributed by atoms with Crippen LogP contribution in [-0.2, 0) is 5.41 Å². The van der Waals surface area contributed by atoms with E-state index in [2.05, 4.69) is 205 Å². The van der Waals surface area contributed by atoms with E-state index >= 15 is 0 Å². The van der Waals surface area contributed by atoms with E-state index in [4.69, 9.17) is 16.3 Å². The number of thiophene rings is 1. The highest BCUT2D eigenvalue weighted by molar-refractivity contribution is 7.17. The first-order valence-electron chi connectivity index (χ1n) is 20.2. The summed E-state index contributed by atoms with van der Waals surface area (Å²) in [4.78, 5) is 6.82. The Hall–Kier alpha value is -6.79. The third kappa shape index (κ3) is 7.06. The Morgan fingerprint density at radius 3 is 1.77 bits per heavy atom. The van der Waals surface area contributed by atoms with Crippen LogP contribution in [0.4, 0.5) is 51.2 Å². The van der Waals surface area contributed by atoms with Crippen molar-refractivity contribution in [1.29, 1.82) is 0 Å². The maximum atomic E-state index is 7.89. The fraction of sp³-hybridized carbons (Fsp3) is 0.0741. The minimum atomic E-state index is 0.00640. The van der Waals surface area contributed by atoms with Crippen molar-refractivity contribution in [2.75, 3.05) is 14.7 Å². The zero-order valence-corrected chi connectivity index (χ0v) is 35.2. The van der Waals surface area contributed by atoms with Crippen molar-refractivity contribution < 1.29 is 4.74 Å². The maximum Gasteiger partial charge on any atom is 0.129 e. The van der Waals surface area contributed by atoms with Gasteiger partial charge >= 0.3 is 0 Å². The lowest BCUT2D eigenvalue weighted by Crippen LogP contribution is -2.16. The molecular weight excluding hydrogens is 774 g/mol. The Bertz CT molecular complexity index is 2980. The van der Waals surface area contributed by atoms with Gasteiger partial charge in [0.25, 0.3) is 0 Å². The molecule has 1 aliphatic rings. The van der Waals surface area contributed by atoms with Gasteiger partial charge in [-0.15, -0.1) is 11.3 Å². The lowest BCUT2D eigenvalue weighted by atomic mass is 9.87. The average Bonchev–Trinajstić information content (AvgIpc) is 3.69. The summed E-state index contributed by atoms with van der Waals surface area (Å²) >= 11 is 9.63. The molecule has 0 saturated heterocycles. The summed E-state index contributed by atoms with van der Waals surface area (Å²) in [5.41, 5.74) is 12.3. The molecule has 0 fully saturated rings. The molecule has 292 valence electrons. The van der Waals surface area contributed by atoms with E-state index in [0.29, 0.717) is 5.02 Å². The van der Waals surface area contributed by atoms with E-state index in [-0.39, 0.29) is 5.41 Å². The molecule has 8 aromatic carbocycles. The van der Waals surface area contributed by atoms with Gasteiger partial charge in [0.15, 0.2) is 0 Å². The number of nitrogens with zero attached hydrogens (tertiary/aromatic N) is 3. The molecule has 9 aromatic rings. The molecule has 0 aliphatic carbocycles. The van der Waals surface area contributed by atoms with Gasteiger partial charge in [-0.25, -0.2) is 0 Å². The summed E-state index contributed by atoms with van der Waals surface area (Å²) in [7, 11) is 0. The van der Waals surface area contributed by atoms with Crippen LogP contribution in [0.3, 0.4) is 0 Å². The SMILES string of the molecule is CC(C)(C)c1ccc(N(c2cccc(N3c4cccc(c4)Oc4cccc(c4)N(c4ccccc4)c4cccc3c4)c2Cl)c2csc3ccc(-c4ccccc4)cc23)cc1. The van der Waals surface area contributed by atoms with Gasteiger partial charge in [0.1, 0.15) is 11.5 Å². The van der Waals surface area contributed by atoms with Gasteiger partial charge in [0.05, 0.1) is 22.1 Å². The fourth-order valence-corrected chi connectivity index (χ4v) is 9.30. The van der Waals surface area contributed by atoms with Crippen LogP contribution in [0.2, 0.25) is 5.02 Å². The zero-order valence-electron chi connectivity index (χ0n) is 33.6. The van der Waals surface area contributed by atoms with E-state index in [9.17, 15) is 0 Å². The lowest BCUT2D eigenvalue weighted by molar-refractivity contribution is 0.483. The van der Waals surface area contributed by atoms with Gasteiger partial charge in [-0.3, -0.25) is 0 Å². The summed E-state index contributed by atoms with van der Waals surface area (Å²) in [6.07, 6.45) is 0. The molecular formula is C54H42ClN3OS. The molecule has 0 spiro atoms. The molecule has 10 rings (SSSR count). The van der Waals surface area contributed by atoms with Gasteiger partial charge in [-0.1, -0.05) is 123 Å². The number of anilines is 9. The number of para-hydroxylation sites is 1. The Balaban J connectivity index is 1.18. The topological polar surface area (TPSA) is 19.0 Å². The molecule has 0 radical (unpaired) electrons. The molecule has 60 heavy (non-hydrogen) atoms. The second kappa shape index (κ2) is 15.4. The van der Waals surface area contributed by atoms with Crippen LogP contribution in [0.25, 0.3) is 21.2 Å². The average molecular weight is 816 g/mol. The highest BCUT2D eigenvalue weighted by atomic mass is 35.5. The minimum absolute atomic E-state index is 0.00640. The summed E-state index contributed by atoms with van der Waals surface area (Å²) in [5, 5.41) is 4.04. The second-order valence-electron chi connectivity index (χ2n) is 16.1. The van der Waals surface area contributed by atoms with Crippen LogP contribution < -0.4 is 19.4 Å². The molecule has 6 bridgehead atoms. The van der Waals surface area contributed by atoms with Crippen LogP contribution in [0, 0.1) is 0 Å². The standard InChI is InChI=1S/C54H42ClN3OS/c1-54(2,3)39-27-29-41(30-28-39)58(51-36-60-52-31-26-38(32-48(51)52)37-14-6-4-7-15-37)50-25-13-24-49(53(50)55)57-43-19-10-18-42(33-43)56(40-16-8-5-9-17-40)44-20-11-22-46(34-44)59-47-23-12-21-45(57)35-47/h4-36H,1-3H3. The normalized spacial score (nSPS) is 12.4. The first-order chi connectivity index (χ1) is 29.3. The van der Waals surface area contributed by atoms with Crippen molar-refractivity contribution in [1.82, 2.24) is 0 Å².